The van der Waals surface area contributed by atoms with Gasteiger partial charge in [0, 0.05) is 18.3 Å². The quantitative estimate of drug-likeness (QED) is 0.504. The maximum Gasteiger partial charge on any atom is 0.333 e. The standard InChI is InChI=1S/C21H16Cl2N4O3/c1-11-3-6-13(7-4-11)27-20(29)18-17(25-21(27)30)14(10-26(18)2)19(28)24-16-8-5-12(22)9-15(16)23/h3-10H,1-2H3,(H,24,28)(H,25,30). The number of nitrogens with one attached hydrogen (secondary N) is 2. The fraction of sp³-hybridized carbons (Fsp3) is 0.0952. The summed E-state index contributed by atoms with van der Waals surface area (Å²) in [6.45, 7) is 1.91. The average Bonchev–Trinajstić information content (AvgIpc) is 3.02. The van der Waals surface area contributed by atoms with E-state index in [0.29, 0.717) is 16.4 Å². The third-order valence-corrected chi connectivity index (χ3v) is 5.29. The van der Waals surface area contributed by atoms with Gasteiger partial charge in [-0.2, -0.15) is 0 Å². The number of aromatic nitrogens is 3. The number of anilines is 1. The number of hydrogen-bond acceptors (Lipinski definition) is 3. The van der Waals surface area contributed by atoms with Crippen molar-refractivity contribution in [2.24, 2.45) is 7.05 Å². The Morgan fingerprint density at radius 3 is 2.43 bits per heavy atom. The van der Waals surface area contributed by atoms with Crippen molar-refractivity contribution < 1.29 is 4.79 Å². The maximum absolute atomic E-state index is 13.1. The molecule has 0 radical (unpaired) electrons. The highest BCUT2D eigenvalue weighted by atomic mass is 35.5. The van der Waals surface area contributed by atoms with Crippen LogP contribution in [0.15, 0.2) is 58.3 Å². The first kappa shape index (κ1) is 20.0. The summed E-state index contributed by atoms with van der Waals surface area (Å²) in [6, 6.07) is 11.7. The average molecular weight is 443 g/mol. The molecule has 0 fully saturated rings. The highest BCUT2D eigenvalue weighted by molar-refractivity contribution is 6.37. The Balaban J connectivity index is 1.83. The van der Waals surface area contributed by atoms with Gasteiger partial charge in [0.1, 0.15) is 5.52 Å². The number of halogens is 2. The van der Waals surface area contributed by atoms with E-state index in [1.165, 1.54) is 16.8 Å². The molecule has 0 aliphatic heterocycles. The van der Waals surface area contributed by atoms with Crippen LogP contribution in [0.3, 0.4) is 0 Å². The van der Waals surface area contributed by atoms with Crippen LogP contribution in [-0.4, -0.2) is 20.0 Å². The zero-order valence-corrected chi connectivity index (χ0v) is 17.5. The number of nitrogens with zero attached hydrogens (tertiary/aromatic N) is 2. The van der Waals surface area contributed by atoms with Crippen molar-refractivity contribution in [2.75, 3.05) is 5.32 Å². The van der Waals surface area contributed by atoms with E-state index in [4.69, 9.17) is 23.2 Å². The molecule has 2 N–H and O–H groups in total. The van der Waals surface area contributed by atoms with E-state index in [1.807, 2.05) is 19.1 Å². The van der Waals surface area contributed by atoms with E-state index in [9.17, 15) is 14.4 Å². The first-order valence-corrected chi connectivity index (χ1v) is 9.69. The number of aromatic amines is 1. The van der Waals surface area contributed by atoms with Crippen LogP contribution in [-0.2, 0) is 7.05 Å². The molecule has 2 heterocycles. The van der Waals surface area contributed by atoms with Crippen molar-refractivity contribution in [1.82, 2.24) is 14.1 Å². The monoisotopic (exact) mass is 442 g/mol. The molecule has 0 unspecified atom stereocenters. The molecule has 7 nitrogen and oxygen atoms in total. The molecule has 9 heteroatoms. The van der Waals surface area contributed by atoms with Crippen LogP contribution in [0.25, 0.3) is 16.7 Å². The normalized spacial score (nSPS) is 11.1. The third-order valence-electron chi connectivity index (χ3n) is 4.74. The summed E-state index contributed by atoms with van der Waals surface area (Å²) in [5, 5.41) is 3.38. The van der Waals surface area contributed by atoms with E-state index in [2.05, 4.69) is 10.3 Å². The number of fused-ring (bicyclic) bond motifs is 1. The van der Waals surface area contributed by atoms with Gasteiger partial charge < -0.3 is 14.9 Å². The van der Waals surface area contributed by atoms with Gasteiger partial charge in [-0.1, -0.05) is 40.9 Å². The van der Waals surface area contributed by atoms with Crippen LogP contribution in [0.5, 0.6) is 0 Å². The number of aryl methyl sites for hydroxylation is 2. The summed E-state index contributed by atoms with van der Waals surface area (Å²) in [7, 11) is 1.63. The van der Waals surface area contributed by atoms with E-state index < -0.39 is 17.2 Å². The van der Waals surface area contributed by atoms with Gasteiger partial charge in [0.05, 0.1) is 27.5 Å². The number of amides is 1. The Morgan fingerprint density at radius 1 is 1.07 bits per heavy atom. The molecule has 0 aliphatic carbocycles. The first-order valence-electron chi connectivity index (χ1n) is 8.94. The van der Waals surface area contributed by atoms with E-state index in [-0.39, 0.29) is 21.6 Å². The second-order valence-electron chi connectivity index (χ2n) is 6.86. The van der Waals surface area contributed by atoms with E-state index >= 15 is 0 Å². The van der Waals surface area contributed by atoms with Crippen molar-refractivity contribution >= 4 is 45.8 Å². The van der Waals surface area contributed by atoms with Crippen LogP contribution >= 0.6 is 23.2 Å². The van der Waals surface area contributed by atoms with Gasteiger partial charge in [-0.05, 0) is 37.3 Å². The highest BCUT2D eigenvalue weighted by Gasteiger charge is 2.20. The van der Waals surface area contributed by atoms with Crippen LogP contribution in [0, 0.1) is 6.92 Å². The molecule has 30 heavy (non-hydrogen) atoms. The minimum absolute atomic E-state index is 0.142. The summed E-state index contributed by atoms with van der Waals surface area (Å²) in [5.41, 5.74) is 1.13. The molecular weight excluding hydrogens is 427 g/mol. The SMILES string of the molecule is Cc1ccc(-n2c(=O)[nH]c3c(C(=O)Nc4ccc(Cl)cc4Cl)cn(C)c3c2=O)cc1. The highest BCUT2D eigenvalue weighted by Crippen LogP contribution is 2.26. The minimum atomic E-state index is -0.638. The fourth-order valence-corrected chi connectivity index (χ4v) is 3.71. The topological polar surface area (TPSA) is 88.9 Å². The molecular formula is C21H16Cl2N4O3. The molecule has 0 spiro atoms. The molecule has 0 saturated heterocycles. The Labute approximate surface area is 180 Å². The lowest BCUT2D eigenvalue weighted by Crippen LogP contribution is -2.34. The van der Waals surface area contributed by atoms with Gasteiger partial charge in [-0.25, -0.2) is 9.36 Å². The summed E-state index contributed by atoms with van der Waals surface area (Å²) in [6.07, 6.45) is 1.49. The van der Waals surface area contributed by atoms with Gasteiger partial charge >= 0.3 is 5.69 Å². The summed E-state index contributed by atoms with van der Waals surface area (Å²) in [5.74, 6) is -0.520. The zero-order valence-electron chi connectivity index (χ0n) is 16.0. The maximum atomic E-state index is 13.1. The second kappa shape index (κ2) is 7.51. The molecule has 1 amide bonds. The second-order valence-corrected chi connectivity index (χ2v) is 7.71. The summed E-state index contributed by atoms with van der Waals surface area (Å²) < 4.78 is 2.55. The summed E-state index contributed by atoms with van der Waals surface area (Å²) >= 11 is 12.0. The predicted octanol–water partition coefficient (Wildman–Crippen LogP) is 3.89. The van der Waals surface area contributed by atoms with Crippen molar-refractivity contribution in [1.29, 1.82) is 0 Å². The number of carbonyl (C=O) groups excluding carboxylic acids is 1. The molecule has 2 aromatic heterocycles. The van der Waals surface area contributed by atoms with Gasteiger partial charge in [0.25, 0.3) is 11.5 Å². The van der Waals surface area contributed by atoms with Crippen LogP contribution in [0.4, 0.5) is 5.69 Å². The third kappa shape index (κ3) is 3.42. The van der Waals surface area contributed by atoms with Crippen molar-refractivity contribution in [3.63, 3.8) is 0 Å². The molecule has 0 bridgehead atoms. The lowest BCUT2D eigenvalue weighted by atomic mass is 10.2. The fourth-order valence-electron chi connectivity index (χ4n) is 3.25. The molecule has 152 valence electrons. The molecule has 4 rings (SSSR count). The molecule has 4 aromatic rings. The van der Waals surface area contributed by atoms with E-state index in [0.717, 1.165) is 10.1 Å². The molecule has 0 aliphatic rings. The van der Waals surface area contributed by atoms with Crippen LogP contribution in [0.2, 0.25) is 10.0 Å². The number of carbonyl (C=O) groups is 1. The number of rotatable bonds is 3. The van der Waals surface area contributed by atoms with Crippen molar-refractivity contribution in [3.8, 4) is 5.69 Å². The lowest BCUT2D eigenvalue weighted by molar-refractivity contribution is 0.102. The minimum Gasteiger partial charge on any atom is -0.344 e. The number of H-pyrrole nitrogens is 1. The largest absolute Gasteiger partial charge is 0.344 e. The molecule has 0 atom stereocenters. The predicted molar refractivity (Wildman–Crippen MR) is 118 cm³/mol. The van der Waals surface area contributed by atoms with Crippen LogP contribution in [0.1, 0.15) is 15.9 Å². The Morgan fingerprint density at radius 2 is 1.77 bits per heavy atom. The Bertz CT molecular complexity index is 1420. The Kier molecular flexibility index (Phi) is 5.01. The molecule has 2 aromatic carbocycles. The van der Waals surface area contributed by atoms with Gasteiger partial charge in [0.15, 0.2) is 0 Å². The zero-order chi connectivity index (χ0) is 21.6. The van der Waals surface area contributed by atoms with Crippen LogP contribution < -0.4 is 16.6 Å². The molecule has 0 saturated carbocycles. The smallest absolute Gasteiger partial charge is 0.333 e. The van der Waals surface area contributed by atoms with E-state index in [1.54, 1.807) is 31.3 Å². The first-order chi connectivity index (χ1) is 14.3. The Hall–Kier alpha value is -3.29. The van der Waals surface area contributed by atoms with Gasteiger partial charge in [0.2, 0.25) is 0 Å². The number of hydrogen-bond donors (Lipinski definition) is 2. The number of benzene rings is 2. The van der Waals surface area contributed by atoms with Gasteiger partial charge in [-0.3, -0.25) is 9.59 Å². The summed E-state index contributed by atoms with van der Waals surface area (Å²) in [4.78, 5) is 41.3. The van der Waals surface area contributed by atoms with Crippen molar-refractivity contribution in [3.05, 3.63) is 90.7 Å². The lowest BCUT2D eigenvalue weighted by Gasteiger charge is -2.08. The van der Waals surface area contributed by atoms with Gasteiger partial charge in [-0.15, -0.1) is 0 Å². The van der Waals surface area contributed by atoms with Crippen molar-refractivity contribution in [2.45, 2.75) is 6.92 Å².